The van der Waals surface area contributed by atoms with Crippen molar-refractivity contribution in [3.8, 4) is 16.9 Å². The minimum atomic E-state index is -0.639. The smallest absolute Gasteiger partial charge is 0.411 e. The van der Waals surface area contributed by atoms with Crippen molar-refractivity contribution in [3.63, 3.8) is 0 Å². The number of phenolic OH excluding ortho intramolecular Hbond substituents is 1. The first kappa shape index (κ1) is 33.5. The number of anilines is 1. The number of ether oxygens (including phenoxy) is 1. The van der Waals surface area contributed by atoms with E-state index in [0.717, 1.165) is 61.9 Å². The van der Waals surface area contributed by atoms with Crippen LogP contribution in [0.3, 0.4) is 0 Å². The number of nitrogens with zero attached hydrogens (tertiary/aromatic N) is 1. The lowest BCUT2D eigenvalue weighted by Crippen LogP contribution is -2.42. The molecule has 0 saturated carbocycles. The zero-order valence-electron chi connectivity index (χ0n) is 25.8. The molecular weight excluding hydrogens is 570 g/mol. The molecule has 3 aromatic rings. The van der Waals surface area contributed by atoms with Gasteiger partial charge in [-0.25, -0.2) is 4.79 Å². The fraction of sp³-hybridized carbons (Fsp3) is 0.400. The van der Waals surface area contributed by atoms with Gasteiger partial charge in [0, 0.05) is 44.7 Å². The first-order valence-corrected chi connectivity index (χ1v) is 15.8. The highest BCUT2D eigenvalue weighted by atomic mass is 16.6. The van der Waals surface area contributed by atoms with Gasteiger partial charge >= 0.3 is 6.09 Å². The third-order valence-corrected chi connectivity index (χ3v) is 7.92. The summed E-state index contributed by atoms with van der Waals surface area (Å²) in [6.45, 7) is 3.36. The zero-order chi connectivity index (χ0) is 31.9. The summed E-state index contributed by atoms with van der Waals surface area (Å²) in [5.74, 6) is 0.0127. The van der Waals surface area contributed by atoms with Crippen molar-refractivity contribution in [2.24, 2.45) is 5.73 Å². The van der Waals surface area contributed by atoms with Gasteiger partial charge in [-0.05, 0) is 67.9 Å². The van der Waals surface area contributed by atoms with Crippen LogP contribution >= 0.6 is 0 Å². The molecule has 240 valence electrons. The van der Waals surface area contributed by atoms with Crippen molar-refractivity contribution in [3.05, 3.63) is 84.4 Å². The number of benzene rings is 3. The summed E-state index contributed by atoms with van der Waals surface area (Å²) in [5, 5.41) is 18.1. The van der Waals surface area contributed by atoms with E-state index in [1.807, 2.05) is 54.6 Å². The predicted molar refractivity (Wildman–Crippen MR) is 176 cm³/mol. The molecule has 0 unspecified atom stereocenters. The SMILES string of the molecule is N[C@H](Cc1ccc(O)cc1)C(=O)NCCCCCNC(=O)CCN1CCC(OC(=O)Nc2ccccc2-c2ccccc2)CC1. The molecule has 10 nitrogen and oxygen atoms in total. The summed E-state index contributed by atoms with van der Waals surface area (Å²) in [6.07, 6.45) is 4.22. The van der Waals surface area contributed by atoms with Gasteiger partial charge in [-0.1, -0.05) is 60.7 Å². The van der Waals surface area contributed by atoms with Gasteiger partial charge in [-0.15, -0.1) is 0 Å². The Kier molecular flexibility index (Phi) is 13.2. The molecule has 0 aliphatic carbocycles. The molecule has 0 bridgehead atoms. The van der Waals surface area contributed by atoms with Crippen LogP contribution in [-0.4, -0.2) is 72.8 Å². The van der Waals surface area contributed by atoms with Crippen LogP contribution in [0.15, 0.2) is 78.9 Å². The fourth-order valence-corrected chi connectivity index (χ4v) is 5.33. The lowest BCUT2D eigenvalue weighted by atomic mass is 10.0. The number of unbranched alkanes of at least 4 members (excludes halogenated alkanes) is 2. The molecule has 3 aromatic carbocycles. The lowest BCUT2D eigenvalue weighted by Gasteiger charge is -2.31. The molecule has 1 saturated heterocycles. The average Bonchev–Trinajstić information content (AvgIpc) is 3.05. The van der Waals surface area contributed by atoms with E-state index in [1.54, 1.807) is 24.3 Å². The fourth-order valence-electron chi connectivity index (χ4n) is 5.33. The minimum absolute atomic E-state index is 0.0262. The Morgan fingerprint density at radius 3 is 2.27 bits per heavy atom. The Labute approximate surface area is 265 Å². The number of carbonyl (C=O) groups excluding carboxylic acids is 3. The highest BCUT2D eigenvalue weighted by Crippen LogP contribution is 2.28. The summed E-state index contributed by atoms with van der Waals surface area (Å²) < 4.78 is 5.71. The van der Waals surface area contributed by atoms with Gasteiger partial charge in [0.15, 0.2) is 0 Å². The van der Waals surface area contributed by atoms with E-state index in [2.05, 4.69) is 20.9 Å². The second-order valence-electron chi connectivity index (χ2n) is 11.4. The third-order valence-electron chi connectivity index (χ3n) is 7.92. The number of phenols is 1. The van der Waals surface area contributed by atoms with Crippen molar-refractivity contribution < 1.29 is 24.2 Å². The highest BCUT2D eigenvalue weighted by molar-refractivity contribution is 5.91. The maximum Gasteiger partial charge on any atom is 0.411 e. The van der Waals surface area contributed by atoms with E-state index in [0.29, 0.717) is 38.2 Å². The number of para-hydroxylation sites is 1. The average molecular weight is 616 g/mol. The molecule has 3 amide bonds. The maximum absolute atomic E-state index is 12.6. The van der Waals surface area contributed by atoms with Crippen LogP contribution < -0.4 is 21.7 Å². The molecule has 0 radical (unpaired) electrons. The van der Waals surface area contributed by atoms with E-state index in [9.17, 15) is 19.5 Å². The summed E-state index contributed by atoms with van der Waals surface area (Å²) in [5.41, 5.74) is 9.57. The Bertz CT molecular complexity index is 1360. The molecule has 0 aromatic heterocycles. The molecule has 0 spiro atoms. The molecule has 1 aliphatic rings. The van der Waals surface area contributed by atoms with Crippen LogP contribution in [0.5, 0.6) is 5.75 Å². The van der Waals surface area contributed by atoms with Crippen molar-refractivity contribution in [1.82, 2.24) is 15.5 Å². The number of rotatable bonds is 15. The number of carbonyl (C=O) groups is 3. The van der Waals surface area contributed by atoms with Crippen molar-refractivity contribution in [2.45, 2.75) is 57.1 Å². The predicted octanol–water partition coefficient (Wildman–Crippen LogP) is 4.43. The van der Waals surface area contributed by atoms with Gasteiger partial charge < -0.3 is 31.1 Å². The van der Waals surface area contributed by atoms with Gasteiger partial charge in [-0.2, -0.15) is 0 Å². The normalized spacial score (nSPS) is 14.3. The monoisotopic (exact) mass is 615 g/mol. The zero-order valence-corrected chi connectivity index (χ0v) is 25.8. The molecule has 6 N–H and O–H groups in total. The standard InChI is InChI=1S/C35H45N5O5/c36-31(25-26-13-15-28(41)16-14-26)34(43)38-21-8-2-7-20-37-33(42)19-24-40-22-17-29(18-23-40)45-35(44)39-32-12-6-5-11-30(32)27-9-3-1-4-10-27/h1,3-6,9-16,29,31,41H,2,7-8,17-25,36H2,(H,37,42)(H,38,43)(H,39,44)/t31-/m1/s1. The van der Waals surface area contributed by atoms with E-state index in [4.69, 9.17) is 10.5 Å². The Hall–Kier alpha value is -4.41. The third kappa shape index (κ3) is 11.6. The molecule has 45 heavy (non-hydrogen) atoms. The number of likely N-dealkylation sites (tertiary alicyclic amines) is 1. The summed E-state index contributed by atoms with van der Waals surface area (Å²) in [7, 11) is 0. The Balaban J connectivity index is 1.01. The number of amides is 3. The van der Waals surface area contributed by atoms with Crippen LogP contribution in [0.25, 0.3) is 11.1 Å². The lowest BCUT2D eigenvalue weighted by molar-refractivity contribution is -0.122. The molecule has 1 heterocycles. The van der Waals surface area contributed by atoms with Crippen molar-refractivity contribution in [1.29, 1.82) is 0 Å². The van der Waals surface area contributed by atoms with Crippen LogP contribution in [0.1, 0.15) is 44.1 Å². The van der Waals surface area contributed by atoms with Crippen molar-refractivity contribution >= 4 is 23.6 Å². The maximum atomic E-state index is 12.6. The van der Waals surface area contributed by atoms with Crippen LogP contribution in [0, 0.1) is 0 Å². The first-order chi connectivity index (χ1) is 21.9. The summed E-state index contributed by atoms with van der Waals surface area (Å²) >= 11 is 0. The van der Waals surface area contributed by atoms with Crippen LogP contribution in [0.4, 0.5) is 10.5 Å². The molecule has 1 atom stereocenters. The summed E-state index contributed by atoms with van der Waals surface area (Å²) in [4.78, 5) is 39.4. The number of nitrogens with two attached hydrogens (primary N) is 1. The second kappa shape index (κ2) is 17.8. The van der Waals surface area contributed by atoms with Gasteiger partial charge in [0.25, 0.3) is 0 Å². The second-order valence-corrected chi connectivity index (χ2v) is 11.4. The quantitative estimate of drug-likeness (QED) is 0.159. The van der Waals surface area contributed by atoms with Gasteiger partial charge in [0.2, 0.25) is 11.8 Å². The Morgan fingerprint density at radius 1 is 0.867 bits per heavy atom. The first-order valence-electron chi connectivity index (χ1n) is 15.8. The van der Waals surface area contributed by atoms with Gasteiger partial charge in [-0.3, -0.25) is 14.9 Å². The van der Waals surface area contributed by atoms with E-state index >= 15 is 0 Å². The summed E-state index contributed by atoms with van der Waals surface area (Å²) in [6, 6.07) is 23.6. The van der Waals surface area contributed by atoms with Gasteiger partial charge in [0.05, 0.1) is 11.7 Å². The number of hydrogen-bond donors (Lipinski definition) is 5. The van der Waals surface area contributed by atoms with Crippen molar-refractivity contribution in [2.75, 3.05) is 38.0 Å². The topological polar surface area (TPSA) is 146 Å². The van der Waals surface area contributed by atoms with Crippen LogP contribution in [-0.2, 0) is 20.7 Å². The highest BCUT2D eigenvalue weighted by Gasteiger charge is 2.23. The largest absolute Gasteiger partial charge is 0.508 e. The molecule has 10 heteroatoms. The Morgan fingerprint density at radius 2 is 1.53 bits per heavy atom. The number of nitrogens with one attached hydrogen (secondary N) is 3. The van der Waals surface area contributed by atoms with E-state index in [-0.39, 0.29) is 23.7 Å². The number of hydrogen-bond acceptors (Lipinski definition) is 7. The molecular formula is C35H45N5O5. The van der Waals surface area contributed by atoms with Gasteiger partial charge in [0.1, 0.15) is 11.9 Å². The van der Waals surface area contributed by atoms with E-state index in [1.165, 1.54) is 0 Å². The molecule has 1 aliphatic heterocycles. The van der Waals surface area contributed by atoms with E-state index < -0.39 is 12.1 Å². The number of aromatic hydroxyl groups is 1. The molecule has 4 rings (SSSR count). The number of piperidine rings is 1. The van der Waals surface area contributed by atoms with Crippen LogP contribution in [0.2, 0.25) is 0 Å². The molecule has 1 fully saturated rings. The minimum Gasteiger partial charge on any atom is -0.508 e.